The third-order valence-electron chi connectivity index (χ3n) is 7.34. The summed E-state index contributed by atoms with van der Waals surface area (Å²) in [7, 11) is 0. The Bertz CT molecular complexity index is 1740. The van der Waals surface area contributed by atoms with Crippen LogP contribution in [0.3, 0.4) is 0 Å². The Balaban J connectivity index is 1.19. The SMILES string of the molecule is CC(=O)OCCCN1/C(=C(\C#N)C(=O)OCCOCCOCCOC(=O)/C(C#N)=C2\Sc3cc(Cl)ccc3N2CCCOC(C)=O)Sc2cc(Cl)ccc21. The summed E-state index contributed by atoms with van der Waals surface area (Å²) in [5, 5.41) is 21.6. The van der Waals surface area contributed by atoms with Gasteiger partial charge in [-0.3, -0.25) is 9.59 Å². The van der Waals surface area contributed by atoms with Crippen LogP contribution in [0.4, 0.5) is 11.4 Å². The summed E-state index contributed by atoms with van der Waals surface area (Å²) < 4.78 is 31.6. The number of hydrogen-bond donors (Lipinski definition) is 0. The van der Waals surface area contributed by atoms with Gasteiger partial charge >= 0.3 is 23.9 Å². The number of anilines is 2. The van der Waals surface area contributed by atoms with Crippen LogP contribution in [0.2, 0.25) is 10.0 Å². The summed E-state index contributed by atoms with van der Waals surface area (Å²) in [6.07, 6.45) is 0.919. The molecule has 0 unspecified atom stereocenters. The van der Waals surface area contributed by atoms with Gasteiger partial charge in [0.2, 0.25) is 0 Å². The molecular weight excluding hydrogens is 783 g/mol. The summed E-state index contributed by atoms with van der Waals surface area (Å²) >= 11 is 14.8. The van der Waals surface area contributed by atoms with Crippen LogP contribution in [0, 0.1) is 22.7 Å². The van der Waals surface area contributed by atoms with Crippen molar-refractivity contribution >= 4 is 82.0 Å². The van der Waals surface area contributed by atoms with Gasteiger partial charge in [0.05, 0.1) is 51.0 Å². The lowest BCUT2D eigenvalue weighted by molar-refractivity contribution is -0.142. The Morgan fingerprint density at radius 2 is 1.00 bits per heavy atom. The molecule has 2 aromatic carbocycles. The molecule has 0 fully saturated rings. The number of nitriles is 2. The molecule has 2 aliphatic heterocycles. The van der Waals surface area contributed by atoms with E-state index in [0.717, 1.165) is 21.2 Å². The minimum Gasteiger partial charge on any atom is -0.466 e. The summed E-state index contributed by atoms with van der Waals surface area (Å²) in [5.74, 6) is -2.42. The van der Waals surface area contributed by atoms with E-state index in [2.05, 4.69) is 0 Å². The second-order valence-corrected chi connectivity index (χ2v) is 14.1. The first-order valence-corrected chi connectivity index (χ1v) is 19.0. The number of rotatable bonds is 19. The second-order valence-electron chi connectivity index (χ2n) is 11.2. The van der Waals surface area contributed by atoms with Gasteiger partial charge in [-0.2, -0.15) is 10.5 Å². The highest BCUT2D eigenvalue weighted by Crippen LogP contribution is 2.49. The maximum Gasteiger partial charge on any atom is 0.351 e. The van der Waals surface area contributed by atoms with Gasteiger partial charge in [0.25, 0.3) is 0 Å². The Kier molecular flexibility index (Phi) is 16.8. The van der Waals surface area contributed by atoms with Gasteiger partial charge in [0.1, 0.15) is 35.4 Å². The van der Waals surface area contributed by atoms with Gasteiger partial charge < -0.3 is 38.2 Å². The first-order valence-electron chi connectivity index (χ1n) is 16.6. The van der Waals surface area contributed by atoms with Gasteiger partial charge in [-0.05, 0) is 49.2 Å². The van der Waals surface area contributed by atoms with Crippen molar-refractivity contribution in [1.82, 2.24) is 0 Å². The number of carbonyl (C=O) groups excluding carboxylic acids is 4. The fraction of sp³-hybridized carbons (Fsp3) is 0.389. The van der Waals surface area contributed by atoms with E-state index >= 15 is 0 Å². The fourth-order valence-corrected chi connectivity index (χ4v) is 7.92. The fourth-order valence-electron chi connectivity index (χ4n) is 5.03. The van der Waals surface area contributed by atoms with Crippen molar-refractivity contribution in [3.8, 4) is 12.1 Å². The van der Waals surface area contributed by atoms with Crippen molar-refractivity contribution < 1.29 is 47.6 Å². The van der Waals surface area contributed by atoms with E-state index in [1.54, 1.807) is 46.2 Å². The number of nitrogens with zero attached hydrogens (tertiary/aromatic N) is 4. The molecule has 0 saturated heterocycles. The van der Waals surface area contributed by atoms with E-state index in [1.807, 2.05) is 12.1 Å². The van der Waals surface area contributed by atoms with E-state index in [4.69, 9.17) is 51.6 Å². The van der Waals surface area contributed by atoms with Gasteiger partial charge in [-0.15, -0.1) is 0 Å². The molecular formula is C36H36Cl2N4O10S2. The van der Waals surface area contributed by atoms with Crippen molar-refractivity contribution in [2.24, 2.45) is 0 Å². The molecule has 0 aliphatic carbocycles. The molecule has 286 valence electrons. The number of halogens is 2. The monoisotopic (exact) mass is 818 g/mol. The maximum absolute atomic E-state index is 12.9. The standard InChI is InChI=1S/C36H36Cl2N4O10S2/c1-23(43)49-11-3-9-41-29-7-5-25(37)19-31(29)53-33(41)27(21-39)35(45)51-17-15-47-13-14-48-16-18-52-36(46)28(22-40)34-42(10-4-12-50-24(2)44)30-8-6-26(38)20-32(30)54-34/h5-8,19-20H,3-4,9-18H2,1-2H3/b33-27-,34-28-. The van der Waals surface area contributed by atoms with Gasteiger partial charge in [-0.25, -0.2) is 9.59 Å². The number of ether oxygens (including phenoxy) is 6. The first kappa shape index (κ1) is 42.3. The topological polar surface area (TPSA) is 178 Å². The van der Waals surface area contributed by atoms with E-state index in [-0.39, 0.29) is 64.0 Å². The first-order chi connectivity index (χ1) is 26.0. The summed E-state index contributed by atoms with van der Waals surface area (Å²) in [6.45, 7) is 3.88. The van der Waals surface area contributed by atoms with Crippen molar-refractivity contribution in [2.45, 2.75) is 36.5 Å². The second kappa shape index (κ2) is 21.5. The van der Waals surface area contributed by atoms with Crippen LogP contribution in [0.1, 0.15) is 26.7 Å². The third-order valence-corrected chi connectivity index (χ3v) is 10.1. The third kappa shape index (κ3) is 12.0. The Morgan fingerprint density at radius 1 is 0.611 bits per heavy atom. The number of thioether (sulfide) groups is 2. The van der Waals surface area contributed by atoms with E-state index in [1.165, 1.54) is 37.4 Å². The maximum atomic E-state index is 12.9. The molecule has 2 aliphatic rings. The highest BCUT2D eigenvalue weighted by molar-refractivity contribution is 8.04. The van der Waals surface area contributed by atoms with Crippen molar-refractivity contribution in [1.29, 1.82) is 10.5 Å². The highest BCUT2D eigenvalue weighted by atomic mass is 35.5. The summed E-state index contributed by atoms with van der Waals surface area (Å²) in [6, 6.07) is 14.4. The van der Waals surface area contributed by atoms with Gasteiger partial charge in [0, 0.05) is 46.8 Å². The smallest absolute Gasteiger partial charge is 0.351 e. The number of benzene rings is 2. The molecule has 4 rings (SSSR count). The molecule has 0 amide bonds. The Hall–Kier alpha value is -4.42. The summed E-state index contributed by atoms with van der Waals surface area (Å²) in [5.41, 5.74) is 1.17. The number of fused-ring (bicyclic) bond motifs is 2. The van der Waals surface area contributed by atoms with Crippen molar-refractivity contribution in [3.63, 3.8) is 0 Å². The molecule has 54 heavy (non-hydrogen) atoms. The number of carbonyl (C=O) groups is 4. The zero-order chi connectivity index (χ0) is 39.0. The highest BCUT2D eigenvalue weighted by Gasteiger charge is 2.33. The molecule has 0 aromatic heterocycles. The molecule has 0 N–H and O–H groups in total. The molecule has 0 saturated carbocycles. The van der Waals surface area contributed by atoms with E-state index in [0.29, 0.717) is 46.0 Å². The molecule has 2 aromatic rings. The zero-order valence-electron chi connectivity index (χ0n) is 29.4. The quantitative estimate of drug-likeness (QED) is 0.0528. The predicted octanol–water partition coefficient (Wildman–Crippen LogP) is 6.01. The number of esters is 4. The van der Waals surface area contributed by atoms with Crippen LogP contribution in [-0.2, 0) is 47.6 Å². The summed E-state index contributed by atoms with van der Waals surface area (Å²) in [4.78, 5) is 53.3. The lowest BCUT2D eigenvalue weighted by Gasteiger charge is -2.21. The molecule has 18 heteroatoms. The predicted molar refractivity (Wildman–Crippen MR) is 201 cm³/mol. The van der Waals surface area contributed by atoms with Crippen LogP contribution < -0.4 is 9.80 Å². The Morgan fingerprint density at radius 3 is 1.37 bits per heavy atom. The normalized spacial score (nSPS) is 14.7. The van der Waals surface area contributed by atoms with Crippen LogP contribution in [0.25, 0.3) is 0 Å². The van der Waals surface area contributed by atoms with E-state index < -0.39 is 23.9 Å². The molecule has 0 radical (unpaired) electrons. The van der Waals surface area contributed by atoms with Crippen LogP contribution in [-0.4, -0.2) is 89.8 Å². The minimum absolute atomic E-state index is 0.0367. The average molecular weight is 820 g/mol. The molecule has 0 bridgehead atoms. The molecule has 0 spiro atoms. The number of hydrogen-bond acceptors (Lipinski definition) is 16. The van der Waals surface area contributed by atoms with Crippen molar-refractivity contribution in [2.75, 3.05) is 75.7 Å². The molecule has 14 nitrogen and oxygen atoms in total. The Labute approximate surface area is 330 Å². The zero-order valence-corrected chi connectivity index (χ0v) is 32.5. The van der Waals surface area contributed by atoms with Gasteiger partial charge in [-0.1, -0.05) is 46.7 Å². The largest absolute Gasteiger partial charge is 0.466 e. The molecule has 2 heterocycles. The minimum atomic E-state index is -0.814. The lowest BCUT2D eigenvalue weighted by Crippen LogP contribution is -2.24. The van der Waals surface area contributed by atoms with Crippen LogP contribution >= 0.6 is 46.7 Å². The van der Waals surface area contributed by atoms with Crippen LogP contribution in [0.15, 0.2) is 67.4 Å². The van der Waals surface area contributed by atoms with Gasteiger partial charge in [0.15, 0.2) is 11.1 Å². The van der Waals surface area contributed by atoms with E-state index in [9.17, 15) is 29.7 Å². The lowest BCUT2D eigenvalue weighted by atomic mass is 10.2. The van der Waals surface area contributed by atoms with Crippen molar-refractivity contribution in [3.05, 3.63) is 67.6 Å². The molecule has 0 atom stereocenters. The average Bonchev–Trinajstić information content (AvgIpc) is 3.66. The van der Waals surface area contributed by atoms with Crippen LogP contribution in [0.5, 0.6) is 0 Å².